The molecule has 1 aromatic heterocycles. The Balaban J connectivity index is 2.13. The first-order valence-corrected chi connectivity index (χ1v) is 7.39. The van der Waals surface area contributed by atoms with Gasteiger partial charge in [-0.15, -0.1) is 0 Å². The van der Waals surface area contributed by atoms with Crippen LogP contribution in [-0.2, 0) is 13.0 Å². The number of aromatic nitrogens is 2. The average Bonchev–Trinajstić information content (AvgIpc) is 2.79. The van der Waals surface area contributed by atoms with E-state index in [9.17, 15) is 0 Å². The Morgan fingerprint density at radius 3 is 2.48 bits per heavy atom. The van der Waals surface area contributed by atoms with E-state index >= 15 is 0 Å². The van der Waals surface area contributed by atoms with E-state index in [1.54, 1.807) is 0 Å². The van der Waals surface area contributed by atoms with Crippen LogP contribution in [0.5, 0.6) is 0 Å². The van der Waals surface area contributed by atoms with Crippen molar-refractivity contribution in [1.29, 1.82) is 0 Å². The lowest BCUT2D eigenvalue weighted by atomic mass is 10.1. The maximum absolute atomic E-state index is 5.75. The highest BCUT2D eigenvalue weighted by molar-refractivity contribution is 5.78. The number of fused-ring (bicyclic) bond motifs is 1. The summed E-state index contributed by atoms with van der Waals surface area (Å²) in [7, 11) is 0. The summed E-state index contributed by atoms with van der Waals surface area (Å²) < 4.78 is 2.30. The van der Waals surface area contributed by atoms with E-state index in [4.69, 9.17) is 10.7 Å². The Labute approximate surface area is 125 Å². The zero-order valence-corrected chi connectivity index (χ0v) is 12.6. The molecule has 2 aromatic carbocycles. The molecule has 0 radical (unpaired) electrons. The summed E-state index contributed by atoms with van der Waals surface area (Å²) in [5.41, 5.74) is 11.9. The number of rotatable bonds is 4. The van der Waals surface area contributed by atoms with Crippen molar-refractivity contribution in [3.05, 3.63) is 65.0 Å². The minimum Gasteiger partial charge on any atom is -0.330 e. The molecule has 108 valence electrons. The van der Waals surface area contributed by atoms with Crippen LogP contribution in [0.1, 0.15) is 22.5 Å². The summed E-state index contributed by atoms with van der Waals surface area (Å²) in [4.78, 5) is 4.78. The molecule has 3 rings (SSSR count). The summed E-state index contributed by atoms with van der Waals surface area (Å²) in [6.45, 7) is 5.75. The van der Waals surface area contributed by atoms with Gasteiger partial charge in [-0.05, 0) is 49.2 Å². The molecular weight excluding hydrogens is 258 g/mol. The van der Waals surface area contributed by atoms with Gasteiger partial charge >= 0.3 is 0 Å². The van der Waals surface area contributed by atoms with E-state index in [2.05, 4.69) is 54.8 Å². The van der Waals surface area contributed by atoms with E-state index in [0.29, 0.717) is 6.54 Å². The molecule has 0 unspecified atom stereocenters. The fourth-order valence-electron chi connectivity index (χ4n) is 2.69. The van der Waals surface area contributed by atoms with Gasteiger partial charge in [-0.25, -0.2) is 4.98 Å². The molecule has 3 aromatic rings. The quantitative estimate of drug-likeness (QED) is 0.797. The molecule has 0 amide bonds. The summed E-state index contributed by atoms with van der Waals surface area (Å²) >= 11 is 0. The number of nitrogens with zero attached hydrogens (tertiary/aromatic N) is 2. The summed E-state index contributed by atoms with van der Waals surface area (Å²) in [6, 6.07) is 14.9. The van der Waals surface area contributed by atoms with Crippen LogP contribution in [0.15, 0.2) is 42.5 Å². The standard InChI is InChI=1S/C18H21N3/c1-13-10-16-17(11-14(13)2)21(18(20-16)8-9-19)12-15-6-4-3-5-7-15/h3-7,10-11H,8-9,12,19H2,1-2H3. The van der Waals surface area contributed by atoms with Gasteiger partial charge < -0.3 is 10.3 Å². The molecule has 3 nitrogen and oxygen atoms in total. The Kier molecular flexibility index (Phi) is 3.76. The second-order valence-electron chi connectivity index (χ2n) is 5.56. The monoisotopic (exact) mass is 279 g/mol. The zero-order chi connectivity index (χ0) is 14.8. The normalized spacial score (nSPS) is 11.2. The summed E-state index contributed by atoms with van der Waals surface area (Å²) in [5.74, 6) is 1.07. The fourth-order valence-corrected chi connectivity index (χ4v) is 2.69. The number of imidazole rings is 1. The van der Waals surface area contributed by atoms with Crippen LogP contribution in [-0.4, -0.2) is 16.1 Å². The van der Waals surface area contributed by atoms with E-state index in [0.717, 1.165) is 24.3 Å². The molecule has 2 N–H and O–H groups in total. The minimum atomic E-state index is 0.621. The maximum Gasteiger partial charge on any atom is 0.111 e. The molecule has 0 atom stereocenters. The fraction of sp³-hybridized carbons (Fsp3) is 0.278. The Bertz CT molecular complexity index is 757. The van der Waals surface area contributed by atoms with Crippen molar-refractivity contribution in [3.63, 3.8) is 0 Å². The lowest BCUT2D eigenvalue weighted by Crippen LogP contribution is -2.10. The van der Waals surface area contributed by atoms with E-state index < -0.39 is 0 Å². The largest absolute Gasteiger partial charge is 0.330 e. The van der Waals surface area contributed by atoms with Crippen molar-refractivity contribution in [3.8, 4) is 0 Å². The molecule has 0 aliphatic rings. The smallest absolute Gasteiger partial charge is 0.111 e. The van der Waals surface area contributed by atoms with Crippen LogP contribution in [0.2, 0.25) is 0 Å². The van der Waals surface area contributed by atoms with Crippen molar-refractivity contribution in [2.45, 2.75) is 26.8 Å². The van der Waals surface area contributed by atoms with Gasteiger partial charge in [-0.1, -0.05) is 30.3 Å². The third-order valence-corrected chi connectivity index (χ3v) is 3.99. The molecule has 0 fully saturated rings. The molecule has 0 aliphatic heterocycles. The topological polar surface area (TPSA) is 43.8 Å². The van der Waals surface area contributed by atoms with Gasteiger partial charge in [0.2, 0.25) is 0 Å². The lowest BCUT2D eigenvalue weighted by Gasteiger charge is -2.09. The molecule has 21 heavy (non-hydrogen) atoms. The number of aryl methyl sites for hydroxylation is 2. The Morgan fingerprint density at radius 2 is 1.76 bits per heavy atom. The highest BCUT2D eigenvalue weighted by atomic mass is 15.1. The minimum absolute atomic E-state index is 0.621. The predicted molar refractivity (Wildman–Crippen MR) is 87.5 cm³/mol. The third kappa shape index (κ3) is 2.69. The van der Waals surface area contributed by atoms with Crippen molar-refractivity contribution in [1.82, 2.24) is 9.55 Å². The second kappa shape index (κ2) is 5.70. The number of nitrogens with two attached hydrogens (primary N) is 1. The van der Waals surface area contributed by atoms with Crippen LogP contribution in [0.25, 0.3) is 11.0 Å². The predicted octanol–water partition coefficient (Wildman–Crippen LogP) is 3.20. The van der Waals surface area contributed by atoms with E-state index in [1.807, 2.05) is 6.07 Å². The van der Waals surface area contributed by atoms with Gasteiger partial charge in [0.1, 0.15) is 5.82 Å². The van der Waals surface area contributed by atoms with Crippen LogP contribution in [0.4, 0.5) is 0 Å². The van der Waals surface area contributed by atoms with Crippen LogP contribution in [0, 0.1) is 13.8 Å². The third-order valence-electron chi connectivity index (χ3n) is 3.99. The highest BCUT2D eigenvalue weighted by Gasteiger charge is 2.11. The molecule has 0 saturated carbocycles. The average molecular weight is 279 g/mol. The van der Waals surface area contributed by atoms with Gasteiger partial charge in [0.25, 0.3) is 0 Å². The first kappa shape index (κ1) is 13.8. The first-order chi connectivity index (χ1) is 10.2. The van der Waals surface area contributed by atoms with Gasteiger partial charge in [0.15, 0.2) is 0 Å². The molecular formula is C18H21N3. The van der Waals surface area contributed by atoms with Crippen LogP contribution < -0.4 is 5.73 Å². The highest BCUT2D eigenvalue weighted by Crippen LogP contribution is 2.22. The number of benzene rings is 2. The zero-order valence-electron chi connectivity index (χ0n) is 12.6. The van der Waals surface area contributed by atoms with Gasteiger partial charge in [0, 0.05) is 13.0 Å². The SMILES string of the molecule is Cc1cc2nc(CCN)n(Cc3ccccc3)c2cc1C. The Morgan fingerprint density at radius 1 is 1.05 bits per heavy atom. The van der Waals surface area contributed by atoms with Crippen LogP contribution in [0.3, 0.4) is 0 Å². The summed E-state index contributed by atoms with van der Waals surface area (Å²) in [6.07, 6.45) is 0.805. The lowest BCUT2D eigenvalue weighted by molar-refractivity contribution is 0.734. The molecule has 0 saturated heterocycles. The van der Waals surface area contributed by atoms with Crippen LogP contribution >= 0.6 is 0 Å². The first-order valence-electron chi connectivity index (χ1n) is 7.39. The summed E-state index contributed by atoms with van der Waals surface area (Å²) in [5, 5.41) is 0. The Hall–Kier alpha value is -2.13. The van der Waals surface area contributed by atoms with Gasteiger partial charge in [-0.3, -0.25) is 0 Å². The van der Waals surface area contributed by atoms with Crippen molar-refractivity contribution >= 4 is 11.0 Å². The maximum atomic E-state index is 5.75. The molecule has 3 heteroatoms. The molecule has 0 aliphatic carbocycles. The van der Waals surface area contributed by atoms with Gasteiger partial charge in [0.05, 0.1) is 11.0 Å². The molecule has 0 spiro atoms. The van der Waals surface area contributed by atoms with Crippen molar-refractivity contribution in [2.75, 3.05) is 6.54 Å². The number of hydrogen-bond donors (Lipinski definition) is 1. The van der Waals surface area contributed by atoms with Crippen molar-refractivity contribution < 1.29 is 0 Å². The number of hydrogen-bond acceptors (Lipinski definition) is 2. The van der Waals surface area contributed by atoms with E-state index in [-0.39, 0.29) is 0 Å². The molecule has 1 heterocycles. The molecule has 0 bridgehead atoms. The van der Waals surface area contributed by atoms with Gasteiger partial charge in [-0.2, -0.15) is 0 Å². The van der Waals surface area contributed by atoms with E-state index in [1.165, 1.54) is 22.2 Å². The van der Waals surface area contributed by atoms with Crippen molar-refractivity contribution in [2.24, 2.45) is 5.73 Å². The second-order valence-corrected chi connectivity index (χ2v) is 5.56.